The van der Waals surface area contributed by atoms with E-state index < -0.39 is 10.0 Å². The third kappa shape index (κ3) is 2.72. The molecule has 2 N–H and O–H groups in total. The zero-order valence-electron chi connectivity index (χ0n) is 10.5. The summed E-state index contributed by atoms with van der Waals surface area (Å²) in [7, 11) is -3.75. The Morgan fingerprint density at radius 2 is 1.79 bits per heavy atom. The van der Waals surface area contributed by atoms with Crippen molar-refractivity contribution in [2.75, 3.05) is 0 Å². The van der Waals surface area contributed by atoms with Crippen LogP contribution in [0.1, 0.15) is 21.7 Å². The van der Waals surface area contributed by atoms with Crippen LogP contribution in [0.5, 0.6) is 0 Å². The molecule has 1 heterocycles. The topological polar surface area (TPSA) is 95.0 Å². The highest BCUT2D eigenvalue weighted by molar-refractivity contribution is 7.89. The Hall–Kier alpha value is -1.99. The number of nitrogens with two attached hydrogens (primary N) is 1. The summed E-state index contributed by atoms with van der Waals surface area (Å²) in [5.74, 6) is -0.313. The molecule has 1 aromatic heterocycles. The minimum atomic E-state index is -3.75. The Morgan fingerprint density at radius 3 is 2.21 bits per heavy atom. The van der Waals surface area contributed by atoms with Crippen LogP contribution in [0.4, 0.5) is 0 Å². The minimum absolute atomic E-state index is 0.0302. The van der Waals surface area contributed by atoms with Gasteiger partial charge in [-0.15, -0.1) is 0 Å². The minimum Gasteiger partial charge on any atom is -0.267 e. The number of carbonyl (C=O) groups excluding carboxylic acids is 1. The van der Waals surface area contributed by atoms with Gasteiger partial charge in [-0.25, -0.2) is 18.2 Å². The maximum absolute atomic E-state index is 12.2. The number of hydrogen-bond donors (Lipinski definition) is 1. The first-order valence-corrected chi connectivity index (χ1v) is 7.04. The van der Waals surface area contributed by atoms with Gasteiger partial charge in [0.2, 0.25) is 10.0 Å². The van der Waals surface area contributed by atoms with E-state index in [2.05, 4.69) is 5.10 Å². The molecule has 0 aliphatic rings. The van der Waals surface area contributed by atoms with Crippen LogP contribution in [0, 0.1) is 13.8 Å². The van der Waals surface area contributed by atoms with E-state index >= 15 is 0 Å². The molecule has 0 saturated carbocycles. The summed E-state index contributed by atoms with van der Waals surface area (Å²) < 4.78 is 23.5. The summed E-state index contributed by atoms with van der Waals surface area (Å²) >= 11 is 0. The average molecular weight is 279 g/mol. The van der Waals surface area contributed by atoms with Gasteiger partial charge in [0, 0.05) is 11.3 Å². The van der Waals surface area contributed by atoms with Gasteiger partial charge in [-0.1, -0.05) is 0 Å². The maximum Gasteiger partial charge on any atom is 0.278 e. The van der Waals surface area contributed by atoms with Crippen LogP contribution in [-0.2, 0) is 10.0 Å². The molecule has 2 aromatic rings. The first kappa shape index (κ1) is 13.4. The fourth-order valence-electron chi connectivity index (χ4n) is 1.74. The summed E-state index contributed by atoms with van der Waals surface area (Å²) in [5, 5.41) is 9.07. The van der Waals surface area contributed by atoms with Crippen LogP contribution in [0.25, 0.3) is 0 Å². The fraction of sp³-hybridized carbons (Fsp3) is 0.167. The van der Waals surface area contributed by atoms with E-state index in [1.54, 1.807) is 19.9 Å². The van der Waals surface area contributed by atoms with Crippen LogP contribution in [0.15, 0.2) is 35.2 Å². The molecule has 0 bridgehead atoms. The smallest absolute Gasteiger partial charge is 0.267 e. The molecule has 0 aliphatic heterocycles. The zero-order chi connectivity index (χ0) is 14.2. The Bertz CT molecular complexity index is 730. The highest BCUT2D eigenvalue weighted by Gasteiger charge is 2.14. The lowest BCUT2D eigenvalue weighted by molar-refractivity contribution is 0.0942. The van der Waals surface area contributed by atoms with E-state index in [4.69, 9.17) is 5.14 Å². The lowest BCUT2D eigenvalue weighted by atomic mass is 10.2. The molecule has 1 aromatic carbocycles. The van der Waals surface area contributed by atoms with Gasteiger partial charge < -0.3 is 0 Å². The monoisotopic (exact) mass is 279 g/mol. The number of aromatic nitrogens is 2. The molecular weight excluding hydrogens is 266 g/mol. The molecule has 0 radical (unpaired) electrons. The SMILES string of the molecule is Cc1cc(C)n(C(=O)c2ccc(S(N)(=O)=O)cc2)n1. The zero-order valence-corrected chi connectivity index (χ0v) is 11.3. The third-order valence-electron chi connectivity index (χ3n) is 2.63. The van der Waals surface area contributed by atoms with Crippen LogP contribution < -0.4 is 5.14 Å². The molecule has 19 heavy (non-hydrogen) atoms. The van der Waals surface area contributed by atoms with E-state index in [1.165, 1.54) is 28.9 Å². The first-order valence-electron chi connectivity index (χ1n) is 5.50. The number of hydrogen-bond acceptors (Lipinski definition) is 4. The van der Waals surface area contributed by atoms with Crippen molar-refractivity contribution in [2.24, 2.45) is 5.14 Å². The van der Waals surface area contributed by atoms with Gasteiger partial charge in [0.15, 0.2) is 0 Å². The number of aryl methyl sites for hydroxylation is 2. The van der Waals surface area contributed by atoms with E-state index in [0.717, 1.165) is 11.4 Å². The van der Waals surface area contributed by atoms with E-state index in [0.29, 0.717) is 5.56 Å². The average Bonchev–Trinajstić information content (AvgIpc) is 2.66. The summed E-state index contributed by atoms with van der Waals surface area (Å²) in [5.41, 5.74) is 1.81. The molecule has 2 rings (SSSR count). The Morgan fingerprint density at radius 1 is 1.21 bits per heavy atom. The molecule has 100 valence electrons. The maximum atomic E-state index is 12.2. The lowest BCUT2D eigenvalue weighted by Crippen LogP contribution is -2.16. The van der Waals surface area contributed by atoms with Crippen molar-refractivity contribution in [3.63, 3.8) is 0 Å². The van der Waals surface area contributed by atoms with Gasteiger partial charge in [0.1, 0.15) is 0 Å². The second kappa shape index (κ2) is 4.60. The predicted molar refractivity (Wildman–Crippen MR) is 69.2 cm³/mol. The molecule has 0 fully saturated rings. The lowest BCUT2D eigenvalue weighted by Gasteiger charge is -2.04. The third-order valence-corrected chi connectivity index (χ3v) is 3.56. The summed E-state index contributed by atoms with van der Waals surface area (Å²) in [6.07, 6.45) is 0. The molecule has 0 aliphatic carbocycles. The number of sulfonamides is 1. The van der Waals surface area contributed by atoms with Gasteiger partial charge in [0.05, 0.1) is 10.6 Å². The molecular formula is C12H13N3O3S. The quantitative estimate of drug-likeness (QED) is 0.881. The van der Waals surface area contributed by atoms with Crippen molar-refractivity contribution in [1.29, 1.82) is 0 Å². The molecule has 0 amide bonds. The molecule has 7 heteroatoms. The van der Waals surface area contributed by atoms with Gasteiger partial charge in [-0.05, 0) is 44.2 Å². The van der Waals surface area contributed by atoms with Gasteiger partial charge in [-0.3, -0.25) is 4.79 Å². The fourth-order valence-corrected chi connectivity index (χ4v) is 2.26. The van der Waals surface area contributed by atoms with Crippen molar-refractivity contribution in [2.45, 2.75) is 18.7 Å². The van der Waals surface area contributed by atoms with Crippen LogP contribution in [-0.4, -0.2) is 24.1 Å². The van der Waals surface area contributed by atoms with Crippen LogP contribution in [0.2, 0.25) is 0 Å². The summed E-state index contributed by atoms with van der Waals surface area (Å²) in [4.78, 5) is 12.1. The van der Waals surface area contributed by atoms with Gasteiger partial charge in [-0.2, -0.15) is 5.10 Å². The van der Waals surface area contributed by atoms with Crippen molar-refractivity contribution < 1.29 is 13.2 Å². The standard InChI is InChI=1S/C12H13N3O3S/c1-8-7-9(2)15(14-8)12(16)10-3-5-11(6-4-10)19(13,17)18/h3-7H,1-2H3,(H2,13,17,18). The molecule has 0 unspecified atom stereocenters. The largest absolute Gasteiger partial charge is 0.278 e. The second-order valence-electron chi connectivity index (χ2n) is 4.21. The van der Waals surface area contributed by atoms with Gasteiger partial charge in [0.25, 0.3) is 5.91 Å². The van der Waals surface area contributed by atoms with Crippen molar-refractivity contribution >= 4 is 15.9 Å². The first-order chi connectivity index (χ1) is 8.79. The molecule has 6 nitrogen and oxygen atoms in total. The number of benzene rings is 1. The highest BCUT2D eigenvalue weighted by Crippen LogP contribution is 2.11. The van der Waals surface area contributed by atoms with Crippen molar-refractivity contribution in [1.82, 2.24) is 9.78 Å². The second-order valence-corrected chi connectivity index (χ2v) is 5.77. The van der Waals surface area contributed by atoms with E-state index in [1.807, 2.05) is 0 Å². The predicted octanol–water partition coefficient (Wildman–Crippen LogP) is 0.836. The van der Waals surface area contributed by atoms with Crippen molar-refractivity contribution in [3.8, 4) is 0 Å². The number of carbonyl (C=O) groups is 1. The number of rotatable bonds is 2. The van der Waals surface area contributed by atoms with Crippen LogP contribution in [0.3, 0.4) is 0 Å². The van der Waals surface area contributed by atoms with Gasteiger partial charge >= 0.3 is 0 Å². The Kier molecular flexibility index (Phi) is 3.25. The van der Waals surface area contributed by atoms with Crippen molar-refractivity contribution in [3.05, 3.63) is 47.3 Å². The highest BCUT2D eigenvalue weighted by atomic mass is 32.2. The Balaban J connectivity index is 2.38. The normalized spacial score (nSPS) is 11.5. The van der Waals surface area contributed by atoms with Crippen LogP contribution >= 0.6 is 0 Å². The number of primary sulfonamides is 1. The van der Waals surface area contributed by atoms with E-state index in [-0.39, 0.29) is 10.8 Å². The summed E-state index contributed by atoms with van der Waals surface area (Å²) in [6.45, 7) is 3.57. The van der Waals surface area contributed by atoms with E-state index in [9.17, 15) is 13.2 Å². The molecule has 0 saturated heterocycles. The molecule has 0 spiro atoms. The summed E-state index contributed by atoms with van der Waals surface area (Å²) in [6, 6.07) is 7.22. The number of nitrogens with zero attached hydrogens (tertiary/aromatic N) is 2. The Labute approximate surface area is 110 Å². The molecule has 0 atom stereocenters.